The summed E-state index contributed by atoms with van der Waals surface area (Å²) in [5.74, 6) is 0.862. The van der Waals surface area contributed by atoms with Crippen LogP contribution < -0.4 is 5.32 Å². The number of piperazine rings is 1. The molecule has 0 aromatic carbocycles. The van der Waals surface area contributed by atoms with Gasteiger partial charge in [0.2, 0.25) is 11.8 Å². The van der Waals surface area contributed by atoms with E-state index in [-0.39, 0.29) is 23.3 Å². The number of ether oxygens (including phenoxy) is 1. The lowest BCUT2D eigenvalue weighted by molar-refractivity contribution is -0.142. The second-order valence-electron chi connectivity index (χ2n) is 10.2. The Morgan fingerprint density at radius 1 is 1.00 bits per heavy atom. The van der Waals surface area contributed by atoms with Crippen molar-refractivity contribution in [3.8, 4) is 0 Å². The molecule has 7 nitrogen and oxygen atoms in total. The molecule has 1 unspecified atom stereocenters. The van der Waals surface area contributed by atoms with E-state index in [0.717, 1.165) is 84.8 Å². The summed E-state index contributed by atoms with van der Waals surface area (Å²) in [6, 6.07) is -0.0391. The molecule has 1 atom stereocenters. The van der Waals surface area contributed by atoms with Gasteiger partial charge in [0.05, 0.1) is 19.3 Å². The molecule has 0 bridgehead atoms. The Bertz CT molecular complexity index is 557. The summed E-state index contributed by atoms with van der Waals surface area (Å²) in [6.45, 7) is 14.4. The molecule has 2 aliphatic heterocycles. The minimum atomic E-state index is -0.342. The molecule has 172 valence electrons. The van der Waals surface area contributed by atoms with E-state index in [1.807, 2.05) is 25.7 Å². The van der Waals surface area contributed by atoms with Gasteiger partial charge in [-0.15, -0.1) is 0 Å². The van der Waals surface area contributed by atoms with Gasteiger partial charge in [0.1, 0.15) is 0 Å². The Hall–Kier alpha value is -1.18. The first-order valence-corrected chi connectivity index (χ1v) is 12.0. The largest absolute Gasteiger partial charge is 0.379 e. The van der Waals surface area contributed by atoms with Crippen molar-refractivity contribution in [3.05, 3.63) is 0 Å². The maximum absolute atomic E-state index is 13.2. The van der Waals surface area contributed by atoms with Gasteiger partial charge in [-0.1, -0.05) is 33.6 Å². The zero-order valence-electron chi connectivity index (χ0n) is 19.3. The molecule has 0 radical (unpaired) electrons. The fraction of sp³-hybridized carbons (Fsp3) is 0.913. The molecule has 1 saturated carbocycles. The molecule has 1 aliphatic carbocycles. The first-order valence-electron chi connectivity index (χ1n) is 12.0. The zero-order chi connectivity index (χ0) is 21.6. The molecule has 7 heteroatoms. The van der Waals surface area contributed by atoms with Gasteiger partial charge < -0.3 is 15.0 Å². The fourth-order valence-electron chi connectivity index (χ4n) is 5.07. The lowest BCUT2D eigenvalue weighted by Crippen LogP contribution is -2.59. The molecule has 3 aliphatic rings. The number of nitrogens with zero attached hydrogens (tertiary/aromatic N) is 3. The summed E-state index contributed by atoms with van der Waals surface area (Å²) < 4.78 is 5.40. The third-order valence-corrected chi connectivity index (χ3v) is 6.81. The quantitative estimate of drug-likeness (QED) is 0.631. The van der Waals surface area contributed by atoms with E-state index >= 15 is 0 Å². The van der Waals surface area contributed by atoms with Gasteiger partial charge in [0.25, 0.3) is 0 Å². The highest BCUT2D eigenvalue weighted by atomic mass is 16.5. The van der Waals surface area contributed by atoms with Crippen molar-refractivity contribution in [1.29, 1.82) is 0 Å². The van der Waals surface area contributed by atoms with Gasteiger partial charge in [0, 0.05) is 51.2 Å². The Labute approximate surface area is 182 Å². The van der Waals surface area contributed by atoms with Crippen LogP contribution in [0, 0.1) is 11.3 Å². The van der Waals surface area contributed by atoms with Crippen molar-refractivity contribution in [3.63, 3.8) is 0 Å². The van der Waals surface area contributed by atoms with Gasteiger partial charge in [-0.25, -0.2) is 0 Å². The standard InChI is InChI=1S/C23H42N4O3/c1-23(2,3)22(29)27-13-11-26(12-14-27)20(19-7-4-5-8-19)21(28)24-9-6-10-25-15-17-30-18-16-25/h19-20H,4-18H2,1-3H3,(H,24,28). The Kier molecular flexibility index (Phi) is 8.54. The smallest absolute Gasteiger partial charge is 0.237 e. The number of nitrogens with one attached hydrogen (secondary N) is 1. The molecule has 2 amide bonds. The topological polar surface area (TPSA) is 65.1 Å². The Morgan fingerprint density at radius 3 is 2.23 bits per heavy atom. The summed E-state index contributed by atoms with van der Waals surface area (Å²) in [4.78, 5) is 32.5. The fourth-order valence-corrected chi connectivity index (χ4v) is 5.07. The van der Waals surface area contributed by atoms with E-state index in [0.29, 0.717) is 5.92 Å². The van der Waals surface area contributed by atoms with Gasteiger partial charge >= 0.3 is 0 Å². The molecule has 3 fully saturated rings. The Balaban J connectivity index is 1.49. The number of carbonyl (C=O) groups is 2. The van der Waals surface area contributed by atoms with Gasteiger partial charge in [-0.2, -0.15) is 0 Å². The van der Waals surface area contributed by atoms with Gasteiger partial charge in [0.15, 0.2) is 0 Å². The van der Waals surface area contributed by atoms with Crippen LogP contribution in [-0.4, -0.2) is 98.1 Å². The second-order valence-corrected chi connectivity index (χ2v) is 10.2. The van der Waals surface area contributed by atoms with Crippen LogP contribution in [0.5, 0.6) is 0 Å². The van der Waals surface area contributed by atoms with E-state index in [9.17, 15) is 9.59 Å². The molecule has 0 spiro atoms. The van der Waals surface area contributed by atoms with Crippen LogP contribution in [-0.2, 0) is 14.3 Å². The van der Waals surface area contributed by atoms with Crippen LogP contribution in [0.25, 0.3) is 0 Å². The first-order chi connectivity index (χ1) is 14.4. The van der Waals surface area contributed by atoms with Crippen LogP contribution in [0.2, 0.25) is 0 Å². The number of rotatable bonds is 7. The molecule has 2 saturated heterocycles. The monoisotopic (exact) mass is 422 g/mol. The van der Waals surface area contributed by atoms with E-state index in [1.165, 1.54) is 12.8 Å². The number of amides is 2. The third kappa shape index (κ3) is 6.41. The average Bonchev–Trinajstić information content (AvgIpc) is 3.26. The number of hydrogen-bond acceptors (Lipinski definition) is 5. The third-order valence-electron chi connectivity index (χ3n) is 6.81. The van der Waals surface area contributed by atoms with Crippen molar-refractivity contribution < 1.29 is 14.3 Å². The first kappa shape index (κ1) is 23.5. The summed E-state index contributed by atoms with van der Waals surface area (Å²) in [5, 5.41) is 3.24. The molecular weight excluding hydrogens is 380 g/mol. The molecular formula is C23H42N4O3. The molecule has 1 N–H and O–H groups in total. The Morgan fingerprint density at radius 2 is 1.63 bits per heavy atom. The summed E-state index contributed by atoms with van der Waals surface area (Å²) in [6.07, 6.45) is 5.74. The van der Waals surface area contributed by atoms with Crippen molar-refractivity contribution in [2.75, 3.05) is 65.6 Å². The summed E-state index contributed by atoms with van der Waals surface area (Å²) in [5.41, 5.74) is -0.342. The van der Waals surface area contributed by atoms with E-state index in [2.05, 4.69) is 15.1 Å². The van der Waals surface area contributed by atoms with E-state index in [1.54, 1.807) is 0 Å². The van der Waals surface area contributed by atoms with Crippen LogP contribution >= 0.6 is 0 Å². The molecule has 0 aromatic heterocycles. The SMILES string of the molecule is CC(C)(C)C(=O)N1CCN(C(C(=O)NCCCN2CCOCC2)C2CCCC2)CC1. The minimum Gasteiger partial charge on any atom is -0.379 e. The van der Waals surface area contributed by atoms with E-state index in [4.69, 9.17) is 4.74 Å². The molecule has 0 aromatic rings. The lowest BCUT2D eigenvalue weighted by Gasteiger charge is -2.42. The van der Waals surface area contributed by atoms with Crippen molar-refractivity contribution in [2.24, 2.45) is 11.3 Å². The van der Waals surface area contributed by atoms with Gasteiger partial charge in [-0.3, -0.25) is 19.4 Å². The molecule has 2 heterocycles. The normalized spacial score (nSPS) is 23.5. The van der Waals surface area contributed by atoms with Crippen LogP contribution in [0.3, 0.4) is 0 Å². The zero-order valence-corrected chi connectivity index (χ0v) is 19.3. The van der Waals surface area contributed by atoms with Crippen molar-refractivity contribution >= 4 is 11.8 Å². The second kappa shape index (κ2) is 10.9. The number of carbonyl (C=O) groups excluding carboxylic acids is 2. The van der Waals surface area contributed by atoms with E-state index < -0.39 is 0 Å². The number of morpholine rings is 1. The maximum atomic E-state index is 13.2. The van der Waals surface area contributed by atoms with Crippen LogP contribution in [0.1, 0.15) is 52.9 Å². The maximum Gasteiger partial charge on any atom is 0.237 e. The van der Waals surface area contributed by atoms with Crippen molar-refractivity contribution in [1.82, 2.24) is 20.0 Å². The summed E-state index contributed by atoms with van der Waals surface area (Å²) in [7, 11) is 0. The van der Waals surface area contributed by atoms with Gasteiger partial charge in [-0.05, 0) is 31.7 Å². The minimum absolute atomic E-state index is 0.0391. The molecule has 3 rings (SSSR count). The van der Waals surface area contributed by atoms with Crippen LogP contribution in [0.15, 0.2) is 0 Å². The molecule has 30 heavy (non-hydrogen) atoms. The highest BCUT2D eigenvalue weighted by Crippen LogP contribution is 2.31. The lowest BCUT2D eigenvalue weighted by atomic mass is 9.93. The van der Waals surface area contributed by atoms with Crippen molar-refractivity contribution in [2.45, 2.75) is 58.9 Å². The highest BCUT2D eigenvalue weighted by Gasteiger charge is 2.38. The highest BCUT2D eigenvalue weighted by molar-refractivity contribution is 5.83. The predicted molar refractivity (Wildman–Crippen MR) is 118 cm³/mol. The summed E-state index contributed by atoms with van der Waals surface area (Å²) >= 11 is 0. The average molecular weight is 423 g/mol. The van der Waals surface area contributed by atoms with Crippen LogP contribution in [0.4, 0.5) is 0 Å². The number of hydrogen-bond donors (Lipinski definition) is 1. The predicted octanol–water partition coefficient (Wildman–Crippen LogP) is 1.57.